The Balaban J connectivity index is 2.53. The third-order valence-electron chi connectivity index (χ3n) is 2.38. The van der Waals surface area contributed by atoms with Crippen LogP contribution in [0.4, 0.5) is 0 Å². The molecular weight excluding hydrogens is 142 g/mol. The van der Waals surface area contributed by atoms with E-state index >= 15 is 0 Å². The molecule has 1 aliphatic heterocycles. The van der Waals surface area contributed by atoms with Gasteiger partial charge in [-0.05, 0) is 19.8 Å². The Hall–Kier alpha value is -0.570. The van der Waals surface area contributed by atoms with Crippen molar-refractivity contribution >= 4 is 5.97 Å². The Morgan fingerprint density at radius 3 is 2.27 bits per heavy atom. The summed E-state index contributed by atoms with van der Waals surface area (Å²) in [5.74, 6) is -0.0713. The van der Waals surface area contributed by atoms with Gasteiger partial charge in [0.05, 0.1) is 0 Å². The predicted molar refractivity (Wildman–Crippen MR) is 42.5 cm³/mol. The smallest absolute Gasteiger partial charge is 0.323 e. The van der Waals surface area contributed by atoms with Gasteiger partial charge in [-0.15, -0.1) is 0 Å². The average Bonchev–Trinajstić information content (AvgIpc) is 1.80. The molecule has 3 heteroatoms. The van der Waals surface area contributed by atoms with E-state index in [1.165, 1.54) is 0 Å². The van der Waals surface area contributed by atoms with Gasteiger partial charge in [0.2, 0.25) is 0 Å². The molecule has 0 spiro atoms. The van der Waals surface area contributed by atoms with Crippen molar-refractivity contribution in [3.63, 3.8) is 0 Å². The molecule has 1 aliphatic rings. The van der Waals surface area contributed by atoms with Gasteiger partial charge >= 0.3 is 5.97 Å². The highest BCUT2D eigenvalue weighted by molar-refractivity contribution is 5.77. The topological polar surface area (TPSA) is 40.5 Å². The first-order valence-corrected chi connectivity index (χ1v) is 3.93. The zero-order valence-electron chi connectivity index (χ0n) is 7.29. The molecule has 0 aromatic carbocycles. The molecule has 0 atom stereocenters. The van der Waals surface area contributed by atoms with Crippen LogP contribution in [0.2, 0.25) is 0 Å². The second-order valence-electron chi connectivity index (χ2n) is 3.87. The maximum absolute atomic E-state index is 10.7. The van der Waals surface area contributed by atoms with Crippen LogP contribution in [0.1, 0.15) is 20.8 Å². The van der Waals surface area contributed by atoms with Crippen LogP contribution in [-0.4, -0.2) is 34.6 Å². The second kappa shape index (κ2) is 2.48. The fraction of sp³-hybridized carbons (Fsp3) is 0.875. The molecule has 0 amide bonds. The molecule has 3 nitrogen and oxygen atoms in total. The minimum absolute atomic E-state index is 0.661. The summed E-state index contributed by atoms with van der Waals surface area (Å²) in [6.45, 7) is 7.47. The summed E-state index contributed by atoms with van der Waals surface area (Å²) in [4.78, 5) is 12.7. The Morgan fingerprint density at radius 1 is 1.55 bits per heavy atom. The molecule has 1 fully saturated rings. The number of likely N-dealkylation sites (tertiary alicyclic amines) is 1. The van der Waals surface area contributed by atoms with Crippen LogP contribution in [0.5, 0.6) is 0 Å². The fourth-order valence-electron chi connectivity index (χ4n) is 1.29. The van der Waals surface area contributed by atoms with Crippen molar-refractivity contribution in [3.05, 3.63) is 0 Å². The molecule has 1 saturated heterocycles. The van der Waals surface area contributed by atoms with Gasteiger partial charge in [-0.1, -0.05) is 6.92 Å². The van der Waals surface area contributed by atoms with E-state index in [-0.39, 0.29) is 0 Å². The SMILES string of the molecule is CC1CN(C(C)(C)C(=O)O)C1. The Morgan fingerprint density at radius 2 is 2.00 bits per heavy atom. The molecule has 0 saturated carbocycles. The number of carbonyl (C=O) groups is 1. The largest absolute Gasteiger partial charge is 0.480 e. The van der Waals surface area contributed by atoms with E-state index in [0.717, 1.165) is 13.1 Å². The molecule has 1 N–H and O–H groups in total. The van der Waals surface area contributed by atoms with E-state index in [1.807, 2.05) is 4.90 Å². The van der Waals surface area contributed by atoms with Gasteiger partial charge in [-0.2, -0.15) is 0 Å². The summed E-state index contributed by atoms with van der Waals surface area (Å²) in [6.07, 6.45) is 0. The summed E-state index contributed by atoms with van der Waals surface area (Å²) in [7, 11) is 0. The van der Waals surface area contributed by atoms with E-state index in [1.54, 1.807) is 13.8 Å². The predicted octanol–water partition coefficient (Wildman–Crippen LogP) is 0.801. The molecule has 11 heavy (non-hydrogen) atoms. The number of aliphatic carboxylic acids is 1. The van der Waals surface area contributed by atoms with Crippen molar-refractivity contribution in [3.8, 4) is 0 Å². The molecule has 0 unspecified atom stereocenters. The minimum Gasteiger partial charge on any atom is -0.480 e. The van der Waals surface area contributed by atoms with Crippen molar-refractivity contribution in [1.29, 1.82) is 0 Å². The van der Waals surface area contributed by atoms with Gasteiger partial charge in [0.25, 0.3) is 0 Å². The second-order valence-corrected chi connectivity index (χ2v) is 3.87. The first-order valence-electron chi connectivity index (χ1n) is 3.93. The van der Waals surface area contributed by atoms with Crippen molar-refractivity contribution in [2.75, 3.05) is 13.1 Å². The van der Waals surface area contributed by atoms with E-state index in [9.17, 15) is 4.79 Å². The summed E-state index contributed by atoms with van der Waals surface area (Å²) < 4.78 is 0. The maximum Gasteiger partial charge on any atom is 0.323 e. The van der Waals surface area contributed by atoms with Gasteiger partial charge in [0.15, 0.2) is 0 Å². The van der Waals surface area contributed by atoms with Crippen molar-refractivity contribution in [2.45, 2.75) is 26.3 Å². The van der Waals surface area contributed by atoms with Crippen LogP contribution in [0.25, 0.3) is 0 Å². The lowest BCUT2D eigenvalue weighted by atomic mass is 9.93. The van der Waals surface area contributed by atoms with Crippen LogP contribution < -0.4 is 0 Å². The van der Waals surface area contributed by atoms with E-state index < -0.39 is 11.5 Å². The van der Waals surface area contributed by atoms with Crippen molar-refractivity contribution in [1.82, 2.24) is 4.90 Å². The molecule has 1 rings (SSSR count). The lowest BCUT2D eigenvalue weighted by molar-refractivity contribution is -0.153. The van der Waals surface area contributed by atoms with Gasteiger partial charge < -0.3 is 5.11 Å². The Kier molecular flexibility index (Phi) is 1.92. The highest BCUT2D eigenvalue weighted by Crippen LogP contribution is 2.25. The molecule has 0 aliphatic carbocycles. The number of hydrogen-bond donors (Lipinski definition) is 1. The van der Waals surface area contributed by atoms with Crippen LogP contribution in [0.3, 0.4) is 0 Å². The maximum atomic E-state index is 10.7. The van der Waals surface area contributed by atoms with Gasteiger partial charge in [-0.25, -0.2) is 0 Å². The summed E-state index contributed by atoms with van der Waals surface area (Å²) in [6, 6.07) is 0. The standard InChI is InChI=1S/C8H15NO2/c1-6-4-9(5-6)8(2,3)7(10)11/h6H,4-5H2,1-3H3,(H,10,11). The highest BCUT2D eigenvalue weighted by atomic mass is 16.4. The van der Waals surface area contributed by atoms with Crippen molar-refractivity contribution < 1.29 is 9.90 Å². The molecule has 0 radical (unpaired) electrons. The lowest BCUT2D eigenvalue weighted by Gasteiger charge is -2.45. The van der Waals surface area contributed by atoms with Crippen LogP contribution in [-0.2, 0) is 4.79 Å². The molecular formula is C8H15NO2. The molecule has 64 valence electrons. The van der Waals surface area contributed by atoms with Crippen molar-refractivity contribution in [2.24, 2.45) is 5.92 Å². The molecule has 0 aromatic rings. The molecule has 1 heterocycles. The Bertz CT molecular complexity index is 171. The quantitative estimate of drug-likeness (QED) is 0.644. The minimum atomic E-state index is -0.732. The zero-order valence-corrected chi connectivity index (χ0v) is 7.29. The van der Waals surface area contributed by atoms with Crippen LogP contribution >= 0.6 is 0 Å². The average molecular weight is 157 g/mol. The van der Waals surface area contributed by atoms with Gasteiger partial charge in [-0.3, -0.25) is 9.69 Å². The van der Waals surface area contributed by atoms with Gasteiger partial charge in [0.1, 0.15) is 5.54 Å². The van der Waals surface area contributed by atoms with Crippen LogP contribution in [0, 0.1) is 5.92 Å². The first kappa shape index (κ1) is 8.53. The van der Waals surface area contributed by atoms with E-state index in [4.69, 9.17) is 5.11 Å². The summed E-state index contributed by atoms with van der Waals surface area (Å²) >= 11 is 0. The fourth-order valence-corrected chi connectivity index (χ4v) is 1.29. The number of rotatable bonds is 2. The van der Waals surface area contributed by atoms with E-state index in [0.29, 0.717) is 5.92 Å². The van der Waals surface area contributed by atoms with E-state index in [2.05, 4.69) is 6.92 Å². The number of carboxylic acid groups (broad SMARTS) is 1. The third-order valence-corrected chi connectivity index (χ3v) is 2.38. The number of nitrogens with zero attached hydrogens (tertiary/aromatic N) is 1. The summed E-state index contributed by atoms with van der Waals surface area (Å²) in [5, 5.41) is 8.82. The highest BCUT2D eigenvalue weighted by Gasteiger charge is 2.40. The zero-order chi connectivity index (χ0) is 8.65. The normalized spacial score (nSPS) is 21.4. The number of hydrogen-bond acceptors (Lipinski definition) is 2. The third kappa shape index (κ3) is 1.38. The van der Waals surface area contributed by atoms with Gasteiger partial charge in [0, 0.05) is 13.1 Å². The monoisotopic (exact) mass is 157 g/mol. The number of carboxylic acids is 1. The van der Waals surface area contributed by atoms with Crippen LogP contribution in [0.15, 0.2) is 0 Å². The Labute approximate surface area is 67.0 Å². The summed E-state index contributed by atoms with van der Waals surface area (Å²) in [5.41, 5.74) is -0.674. The first-order chi connectivity index (χ1) is 4.94. The lowest BCUT2D eigenvalue weighted by Crippen LogP contribution is -2.59. The molecule has 0 aromatic heterocycles. The molecule has 0 bridgehead atoms.